The molecule has 1 aliphatic carbocycles. The third-order valence-electron chi connectivity index (χ3n) is 3.32. The van der Waals surface area contributed by atoms with Crippen molar-refractivity contribution in [3.63, 3.8) is 0 Å². The average molecular weight is 224 g/mol. The van der Waals surface area contributed by atoms with Gasteiger partial charge in [0.2, 0.25) is 0 Å². The van der Waals surface area contributed by atoms with Gasteiger partial charge < -0.3 is 5.11 Å². The molecule has 2 heteroatoms. The van der Waals surface area contributed by atoms with E-state index in [2.05, 4.69) is 0 Å². The number of allylic oxidation sites excluding steroid dienone is 1. The lowest BCUT2D eigenvalue weighted by molar-refractivity contribution is -0.131. The molecule has 0 radical (unpaired) electrons. The van der Waals surface area contributed by atoms with Crippen molar-refractivity contribution in [2.75, 3.05) is 0 Å². The number of carbonyl (C=O) groups is 1. The molecule has 1 N–H and O–H groups in total. The largest absolute Gasteiger partial charge is 0.478 e. The van der Waals surface area contributed by atoms with Crippen molar-refractivity contribution in [1.82, 2.24) is 0 Å². The van der Waals surface area contributed by atoms with E-state index in [1.807, 2.05) is 0 Å². The van der Waals surface area contributed by atoms with Crippen LogP contribution >= 0.6 is 0 Å². The first-order valence-corrected chi connectivity index (χ1v) is 6.71. The number of hydrogen-bond donors (Lipinski definition) is 1. The minimum Gasteiger partial charge on any atom is -0.478 e. The Kier molecular flexibility index (Phi) is 6.95. The summed E-state index contributed by atoms with van der Waals surface area (Å²) in [5, 5.41) is 8.78. The molecule has 0 aromatic heterocycles. The van der Waals surface area contributed by atoms with Crippen LogP contribution in [0.15, 0.2) is 11.6 Å². The lowest BCUT2D eigenvalue weighted by Crippen LogP contribution is -1.95. The highest BCUT2D eigenvalue weighted by molar-refractivity contribution is 5.80. The van der Waals surface area contributed by atoms with E-state index < -0.39 is 5.97 Å². The molecular formula is C14H24O2. The van der Waals surface area contributed by atoms with Crippen LogP contribution in [0.4, 0.5) is 0 Å². The van der Waals surface area contributed by atoms with Gasteiger partial charge in [0.15, 0.2) is 0 Å². The quantitative estimate of drug-likeness (QED) is 0.674. The topological polar surface area (TPSA) is 37.3 Å². The predicted molar refractivity (Wildman–Crippen MR) is 66.5 cm³/mol. The van der Waals surface area contributed by atoms with Gasteiger partial charge >= 0.3 is 5.97 Å². The molecule has 1 aliphatic rings. The summed E-state index contributed by atoms with van der Waals surface area (Å²) in [7, 11) is 0. The van der Waals surface area contributed by atoms with E-state index in [0.29, 0.717) is 0 Å². The third kappa shape index (κ3) is 6.65. The number of carboxylic acid groups (broad SMARTS) is 1. The van der Waals surface area contributed by atoms with E-state index >= 15 is 0 Å². The second kappa shape index (κ2) is 8.37. The summed E-state index contributed by atoms with van der Waals surface area (Å²) in [6, 6.07) is 0. The Balaban J connectivity index is 2.39. The summed E-state index contributed by atoms with van der Waals surface area (Å²) in [6.07, 6.45) is 15.0. The van der Waals surface area contributed by atoms with Crippen molar-refractivity contribution in [3.8, 4) is 0 Å². The Morgan fingerprint density at radius 2 is 1.19 bits per heavy atom. The summed E-state index contributed by atoms with van der Waals surface area (Å²) in [5.74, 6) is -0.776. The van der Waals surface area contributed by atoms with Crippen LogP contribution in [0.1, 0.15) is 70.6 Å². The molecule has 1 fully saturated rings. The number of carboxylic acids is 1. The molecule has 0 spiro atoms. The van der Waals surface area contributed by atoms with Gasteiger partial charge in [0, 0.05) is 6.08 Å². The van der Waals surface area contributed by atoms with Gasteiger partial charge in [-0.05, 0) is 25.7 Å². The predicted octanol–water partition coefficient (Wildman–Crippen LogP) is 4.30. The molecule has 0 heterocycles. The Labute approximate surface area is 98.7 Å². The van der Waals surface area contributed by atoms with Crippen LogP contribution in [0, 0.1) is 0 Å². The van der Waals surface area contributed by atoms with Crippen molar-refractivity contribution in [1.29, 1.82) is 0 Å². The maximum Gasteiger partial charge on any atom is 0.328 e. The van der Waals surface area contributed by atoms with E-state index in [-0.39, 0.29) is 0 Å². The smallest absolute Gasteiger partial charge is 0.328 e. The molecule has 0 amide bonds. The summed E-state index contributed by atoms with van der Waals surface area (Å²) >= 11 is 0. The molecule has 0 saturated heterocycles. The fraction of sp³-hybridized carbons (Fsp3) is 0.786. The lowest BCUT2D eigenvalue weighted by Gasteiger charge is -2.09. The average Bonchev–Trinajstić information content (AvgIpc) is 2.21. The van der Waals surface area contributed by atoms with Crippen molar-refractivity contribution in [3.05, 3.63) is 11.6 Å². The summed E-state index contributed by atoms with van der Waals surface area (Å²) in [6.45, 7) is 0. The monoisotopic (exact) mass is 224 g/mol. The maximum atomic E-state index is 10.7. The van der Waals surface area contributed by atoms with Gasteiger partial charge in [0.05, 0.1) is 0 Å². The highest BCUT2D eigenvalue weighted by atomic mass is 16.4. The fourth-order valence-electron chi connectivity index (χ4n) is 2.39. The van der Waals surface area contributed by atoms with E-state index in [9.17, 15) is 4.79 Å². The van der Waals surface area contributed by atoms with Crippen molar-refractivity contribution in [2.45, 2.75) is 70.6 Å². The first-order chi connectivity index (χ1) is 7.79. The van der Waals surface area contributed by atoms with Gasteiger partial charge in [-0.3, -0.25) is 0 Å². The molecule has 2 nitrogen and oxygen atoms in total. The van der Waals surface area contributed by atoms with E-state index in [1.165, 1.54) is 63.9 Å². The van der Waals surface area contributed by atoms with Crippen molar-refractivity contribution < 1.29 is 9.90 Å². The van der Waals surface area contributed by atoms with Crippen LogP contribution in [0.5, 0.6) is 0 Å². The molecule has 0 aromatic rings. The van der Waals surface area contributed by atoms with Gasteiger partial charge in [-0.15, -0.1) is 0 Å². The fourth-order valence-corrected chi connectivity index (χ4v) is 2.39. The first-order valence-electron chi connectivity index (χ1n) is 6.71. The molecule has 16 heavy (non-hydrogen) atoms. The van der Waals surface area contributed by atoms with E-state index in [1.54, 1.807) is 0 Å². The van der Waals surface area contributed by atoms with Crippen molar-refractivity contribution >= 4 is 5.97 Å². The number of hydrogen-bond acceptors (Lipinski definition) is 1. The highest BCUT2D eigenvalue weighted by Crippen LogP contribution is 2.20. The Morgan fingerprint density at radius 3 is 1.56 bits per heavy atom. The summed E-state index contributed by atoms with van der Waals surface area (Å²) in [5.41, 5.74) is 1.15. The van der Waals surface area contributed by atoms with Gasteiger partial charge in [0.1, 0.15) is 0 Å². The van der Waals surface area contributed by atoms with E-state index in [0.717, 1.165) is 18.4 Å². The molecular weight excluding hydrogens is 200 g/mol. The van der Waals surface area contributed by atoms with E-state index in [4.69, 9.17) is 5.11 Å². The zero-order chi connectivity index (χ0) is 11.6. The molecule has 0 aromatic carbocycles. The van der Waals surface area contributed by atoms with Gasteiger partial charge in [0.25, 0.3) is 0 Å². The SMILES string of the molecule is O=C(O)C=C1CCCCCCCCCCC1. The number of aliphatic carboxylic acids is 1. The Hall–Kier alpha value is -0.790. The molecule has 0 aliphatic heterocycles. The maximum absolute atomic E-state index is 10.7. The van der Waals surface area contributed by atoms with Crippen LogP contribution < -0.4 is 0 Å². The zero-order valence-electron chi connectivity index (χ0n) is 10.2. The summed E-state index contributed by atoms with van der Waals surface area (Å²) in [4.78, 5) is 10.7. The van der Waals surface area contributed by atoms with Crippen LogP contribution in [0.3, 0.4) is 0 Å². The van der Waals surface area contributed by atoms with Gasteiger partial charge in [-0.2, -0.15) is 0 Å². The molecule has 92 valence electrons. The minimum atomic E-state index is -0.776. The van der Waals surface area contributed by atoms with Crippen LogP contribution in [0.25, 0.3) is 0 Å². The Bertz CT molecular complexity index is 217. The first kappa shape index (κ1) is 13.3. The molecule has 1 saturated carbocycles. The van der Waals surface area contributed by atoms with Gasteiger partial charge in [-0.1, -0.05) is 50.5 Å². The van der Waals surface area contributed by atoms with Crippen LogP contribution in [-0.4, -0.2) is 11.1 Å². The second-order valence-corrected chi connectivity index (χ2v) is 4.82. The van der Waals surface area contributed by atoms with Gasteiger partial charge in [-0.25, -0.2) is 4.79 Å². The summed E-state index contributed by atoms with van der Waals surface area (Å²) < 4.78 is 0. The van der Waals surface area contributed by atoms with Crippen LogP contribution in [0.2, 0.25) is 0 Å². The van der Waals surface area contributed by atoms with Crippen LogP contribution in [-0.2, 0) is 4.79 Å². The normalized spacial score (nSPS) is 20.6. The molecule has 0 unspecified atom stereocenters. The molecule has 0 bridgehead atoms. The lowest BCUT2D eigenvalue weighted by atomic mass is 9.97. The zero-order valence-corrected chi connectivity index (χ0v) is 10.2. The third-order valence-corrected chi connectivity index (χ3v) is 3.32. The van der Waals surface area contributed by atoms with Crippen molar-refractivity contribution in [2.24, 2.45) is 0 Å². The number of rotatable bonds is 1. The molecule has 1 rings (SSSR count). The standard InChI is InChI=1S/C14H24O2/c15-14(16)12-13-10-8-6-4-2-1-3-5-7-9-11-13/h12H,1-11H2,(H,15,16). The molecule has 0 atom stereocenters. The second-order valence-electron chi connectivity index (χ2n) is 4.82. The minimum absolute atomic E-state index is 0.776. The Morgan fingerprint density at radius 1 is 0.812 bits per heavy atom. The highest BCUT2D eigenvalue weighted by Gasteiger charge is 2.03.